The lowest BCUT2D eigenvalue weighted by Gasteiger charge is -2.17. The van der Waals surface area contributed by atoms with E-state index in [9.17, 15) is 18.7 Å². The van der Waals surface area contributed by atoms with Gasteiger partial charge in [-0.3, -0.25) is 14.3 Å². The van der Waals surface area contributed by atoms with Crippen LogP contribution in [0.5, 0.6) is 5.75 Å². The van der Waals surface area contributed by atoms with E-state index in [0.717, 1.165) is 15.3 Å². The lowest BCUT2D eigenvalue weighted by molar-refractivity contribution is 0.0734. The Morgan fingerprint density at radius 1 is 1.14 bits per heavy atom. The highest BCUT2D eigenvalue weighted by atomic mass is 19.1. The van der Waals surface area contributed by atoms with Crippen LogP contribution in [0.1, 0.15) is 39.2 Å². The number of halogens is 3. The summed E-state index contributed by atoms with van der Waals surface area (Å²) in [6.45, 7) is 3.13. The predicted molar refractivity (Wildman–Crippen MR) is 120 cm³/mol. The summed E-state index contributed by atoms with van der Waals surface area (Å²) in [6.07, 6.45) is 3.35. The zero-order chi connectivity index (χ0) is 27.3. The van der Waals surface area contributed by atoms with Crippen molar-refractivity contribution in [2.45, 2.75) is 39.9 Å². The van der Waals surface area contributed by atoms with Crippen LogP contribution < -0.4 is 10.3 Å². The highest BCUT2D eigenvalue weighted by molar-refractivity contribution is 5.48. The fourth-order valence-corrected chi connectivity index (χ4v) is 3.32. The fourth-order valence-electron chi connectivity index (χ4n) is 3.32. The lowest BCUT2D eigenvalue weighted by atomic mass is 10.1. The fraction of sp³-hybridized carbons (Fsp3) is 0.250. The molecule has 0 atom stereocenters. The number of ether oxygens (including phenoxy) is 1. The van der Waals surface area contributed by atoms with Gasteiger partial charge < -0.3 is 9.84 Å². The number of aliphatic hydroxyl groups is 1. The van der Waals surface area contributed by atoms with Crippen molar-refractivity contribution in [1.82, 2.24) is 24.3 Å². The van der Waals surface area contributed by atoms with Gasteiger partial charge in [0.15, 0.2) is 23.2 Å². The smallest absolute Gasteiger partial charge is 0.297 e. The summed E-state index contributed by atoms with van der Waals surface area (Å²) in [5, 5.41) is 14.3. The molecule has 182 valence electrons. The molecule has 4 heterocycles. The summed E-state index contributed by atoms with van der Waals surface area (Å²) in [4.78, 5) is 20.9. The second-order valence-corrected chi connectivity index (χ2v) is 8.30. The normalized spacial score (nSPS) is 12.9. The van der Waals surface area contributed by atoms with Crippen molar-refractivity contribution in [3.8, 4) is 17.3 Å². The van der Waals surface area contributed by atoms with Crippen LogP contribution in [0, 0.1) is 31.3 Å². The molecular formula is C24H22F3N5O3. The molecule has 0 radical (unpaired) electrons. The molecule has 0 saturated heterocycles. The monoisotopic (exact) mass is 487 g/mol. The first-order chi connectivity index (χ1) is 17.2. The SMILES string of the molecule is [2H]C([2H])(Oc1ccc(C)n(-c2c(C)cnc(-n3ccc(C(C)(C)O)n3)c2F)c1=O)c1ncc(F)cc1F. The second kappa shape index (κ2) is 8.99. The van der Waals surface area contributed by atoms with Crippen LogP contribution >= 0.6 is 0 Å². The quantitative estimate of drug-likeness (QED) is 0.446. The van der Waals surface area contributed by atoms with Gasteiger partial charge in [-0.2, -0.15) is 5.10 Å². The van der Waals surface area contributed by atoms with Gasteiger partial charge in [0, 0.05) is 24.2 Å². The van der Waals surface area contributed by atoms with Gasteiger partial charge in [0.2, 0.25) is 0 Å². The van der Waals surface area contributed by atoms with E-state index in [2.05, 4.69) is 15.1 Å². The van der Waals surface area contributed by atoms with Gasteiger partial charge >= 0.3 is 0 Å². The van der Waals surface area contributed by atoms with Crippen LogP contribution in [-0.4, -0.2) is 29.4 Å². The summed E-state index contributed by atoms with van der Waals surface area (Å²) < 4.78 is 66.7. The van der Waals surface area contributed by atoms with Gasteiger partial charge in [0.05, 0.1) is 20.3 Å². The maximum absolute atomic E-state index is 15.8. The van der Waals surface area contributed by atoms with E-state index in [1.807, 2.05) is 0 Å². The van der Waals surface area contributed by atoms with Crippen molar-refractivity contribution in [3.63, 3.8) is 0 Å². The number of hydrogen-bond donors (Lipinski definition) is 1. The van der Waals surface area contributed by atoms with Gasteiger partial charge in [-0.05, 0) is 51.5 Å². The van der Waals surface area contributed by atoms with Crippen LogP contribution in [0.15, 0.2) is 47.7 Å². The van der Waals surface area contributed by atoms with Gasteiger partial charge in [-0.15, -0.1) is 0 Å². The van der Waals surface area contributed by atoms with Crippen molar-refractivity contribution in [2.75, 3.05) is 0 Å². The van der Waals surface area contributed by atoms with Crippen LogP contribution in [-0.2, 0) is 12.2 Å². The molecule has 0 fully saturated rings. The summed E-state index contributed by atoms with van der Waals surface area (Å²) >= 11 is 0. The van der Waals surface area contributed by atoms with E-state index < -0.39 is 46.6 Å². The third-order valence-corrected chi connectivity index (χ3v) is 5.12. The molecule has 35 heavy (non-hydrogen) atoms. The molecule has 8 nitrogen and oxygen atoms in total. The summed E-state index contributed by atoms with van der Waals surface area (Å²) in [5.41, 5.74) is -2.47. The minimum Gasteiger partial charge on any atom is -0.481 e. The third-order valence-electron chi connectivity index (χ3n) is 5.12. The molecule has 4 aromatic heterocycles. The lowest BCUT2D eigenvalue weighted by Crippen LogP contribution is -2.25. The standard InChI is InChI=1S/C24H22F3N5O3/c1-13-10-29-22(31-8-7-19(30-31)24(3,4)34)20(27)21(13)32-14(2)5-6-18(23(32)33)35-12-17-16(26)9-15(25)11-28-17/h5-11,34H,12H2,1-4H3/i12D2. The van der Waals surface area contributed by atoms with E-state index in [1.54, 1.807) is 0 Å². The van der Waals surface area contributed by atoms with Crippen LogP contribution in [0.4, 0.5) is 13.2 Å². The highest BCUT2D eigenvalue weighted by Crippen LogP contribution is 2.25. The maximum Gasteiger partial charge on any atom is 0.297 e. The molecule has 0 saturated carbocycles. The Balaban J connectivity index is 1.82. The molecule has 0 amide bonds. The molecule has 4 rings (SSSR count). The summed E-state index contributed by atoms with van der Waals surface area (Å²) in [7, 11) is 0. The van der Waals surface area contributed by atoms with E-state index >= 15 is 4.39 Å². The number of rotatable bonds is 6. The second-order valence-electron chi connectivity index (χ2n) is 8.30. The number of aryl methyl sites for hydroxylation is 2. The van der Waals surface area contributed by atoms with Crippen molar-refractivity contribution in [3.05, 3.63) is 93.3 Å². The Bertz CT molecular complexity index is 1560. The van der Waals surface area contributed by atoms with Crippen molar-refractivity contribution in [2.24, 2.45) is 0 Å². The summed E-state index contributed by atoms with van der Waals surface area (Å²) in [6, 6.07) is 4.48. The maximum atomic E-state index is 15.8. The molecule has 4 aromatic rings. The number of hydrogen-bond acceptors (Lipinski definition) is 6. The van der Waals surface area contributed by atoms with E-state index in [-0.39, 0.29) is 28.5 Å². The van der Waals surface area contributed by atoms with Gasteiger partial charge in [-0.1, -0.05) is 0 Å². The Kier molecular flexibility index (Phi) is 5.53. The molecule has 0 bridgehead atoms. The molecule has 1 N–H and O–H groups in total. The Morgan fingerprint density at radius 3 is 2.54 bits per heavy atom. The molecule has 0 aromatic carbocycles. The predicted octanol–water partition coefficient (Wildman–Crippen LogP) is 3.65. The number of aromatic nitrogens is 5. The van der Waals surface area contributed by atoms with Crippen molar-refractivity contribution < 1.29 is 25.8 Å². The first kappa shape index (κ1) is 21.5. The zero-order valence-electron chi connectivity index (χ0n) is 21.2. The number of pyridine rings is 3. The first-order valence-corrected chi connectivity index (χ1v) is 10.4. The minimum atomic E-state index is -2.95. The number of nitrogens with zero attached hydrogens (tertiary/aromatic N) is 5. The minimum absolute atomic E-state index is 0.190. The van der Waals surface area contributed by atoms with Crippen LogP contribution in [0.2, 0.25) is 0 Å². The van der Waals surface area contributed by atoms with Gasteiger partial charge in [-0.25, -0.2) is 22.8 Å². The van der Waals surface area contributed by atoms with Crippen LogP contribution in [0.3, 0.4) is 0 Å². The van der Waals surface area contributed by atoms with Crippen LogP contribution in [0.25, 0.3) is 11.5 Å². The molecule has 0 aliphatic carbocycles. The van der Waals surface area contributed by atoms with Crippen molar-refractivity contribution in [1.29, 1.82) is 0 Å². The molecular weight excluding hydrogens is 463 g/mol. The average molecular weight is 487 g/mol. The van der Waals surface area contributed by atoms with E-state index in [1.165, 1.54) is 52.2 Å². The van der Waals surface area contributed by atoms with E-state index in [0.29, 0.717) is 12.3 Å². The van der Waals surface area contributed by atoms with Gasteiger partial charge in [0.25, 0.3) is 5.56 Å². The molecule has 0 aliphatic rings. The third kappa shape index (κ3) is 4.67. The Hall–Kier alpha value is -3.99. The van der Waals surface area contributed by atoms with Crippen molar-refractivity contribution >= 4 is 0 Å². The zero-order valence-corrected chi connectivity index (χ0v) is 19.2. The largest absolute Gasteiger partial charge is 0.481 e. The Labute approximate surface area is 201 Å². The van der Waals surface area contributed by atoms with Gasteiger partial charge in [0.1, 0.15) is 23.7 Å². The average Bonchev–Trinajstić information content (AvgIpc) is 3.28. The highest BCUT2D eigenvalue weighted by Gasteiger charge is 2.23. The molecule has 0 unspecified atom stereocenters. The Morgan fingerprint density at radius 2 is 1.89 bits per heavy atom. The summed E-state index contributed by atoms with van der Waals surface area (Å²) in [5.74, 6) is -4.05. The molecule has 11 heteroatoms. The molecule has 0 spiro atoms. The topological polar surface area (TPSA) is 95.1 Å². The van der Waals surface area contributed by atoms with E-state index in [4.69, 9.17) is 7.48 Å². The molecule has 0 aliphatic heterocycles. The first-order valence-electron chi connectivity index (χ1n) is 11.4.